The maximum absolute atomic E-state index is 11.9. The van der Waals surface area contributed by atoms with E-state index in [1.165, 1.54) is 18.2 Å². The summed E-state index contributed by atoms with van der Waals surface area (Å²) in [5.41, 5.74) is 0.189. The van der Waals surface area contributed by atoms with E-state index < -0.39 is 17.0 Å². The Bertz CT molecular complexity index is 625. The summed E-state index contributed by atoms with van der Waals surface area (Å²) in [6, 6.07) is 4.29. The Morgan fingerprint density at radius 3 is 2.57 bits per heavy atom. The van der Waals surface area contributed by atoms with Gasteiger partial charge < -0.3 is 9.47 Å². The highest BCUT2D eigenvalue weighted by molar-refractivity contribution is 5.71. The van der Waals surface area contributed by atoms with E-state index in [9.17, 15) is 14.9 Å². The van der Waals surface area contributed by atoms with Gasteiger partial charge in [0.1, 0.15) is 11.9 Å². The van der Waals surface area contributed by atoms with Crippen LogP contribution in [-0.2, 0) is 9.53 Å². The molecule has 6 heteroatoms. The van der Waals surface area contributed by atoms with E-state index in [1.54, 1.807) is 6.92 Å². The third kappa shape index (κ3) is 5.62. The molecule has 6 nitrogen and oxygen atoms in total. The quantitative estimate of drug-likeness (QED) is 0.348. The van der Waals surface area contributed by atoms with Gasteiger partial charge in [-0.1, -0.05) is 20.8 Å². The lowest BCUT2D eigenvalue weighted by Crippen LogP contribution is -2.33. The number of hydrogen-bond donors (Lipinski definition) is 0. The van der Waals surface area contributed by atoms with E-state index in [-0.39, 0.29) is 17.7 Å². The lowest BCUT2D eigenvalue weighted by molar-refractivity contribution is -0.385. The van der Waals surface area contributed by atoms with Gasteiger partial charge in [-0.15, -0.1) is 12.3 Å². The molecule has 0 radical (unpaired) electrons. The molecule has 23 heavy (non-hydrogen) atoms. The van der Waals surface area contributed by atoms with Crippen molar-refractivity contribution in [1.82, 2.24) is 0 Å². The van der Waals surface area contributed by atoms with Crippen molar-refractivity contribution in [3.63, 3.8) is 0 Å². The van der Waals surface area contributed by atoms with Gasteiger partial charge in [0.15, 0.2) is 6.61 Å². The summed E-state index contributed by atoms with van der Waals surface area (Å²) in [6.45, 7) is 7.12. The van der Waals surface area contributed by atoms with Crippen molar-refractivity contribution in [3.05, 3.63) is 33.9 Å². The summed E-state index contributed by atoms with van der Waals surface area (Å²) in [5, 5.41) is 10.8. The third-order valence-corrected chi connectivity index (χ3v) is 3.26. The molecule has 0 heterocycles. The summed E-state index contributed by atoms with van der Waals surface area (Å²) in [4.78, 5) is 22.2. The molecular weight excluding hydrogens is 298 g/mol. The molecule has 124 valence electrons. The molecule has 0 unspecified atom stereocenters. The molecular formula is C17H21NO5. The highest BCUT2D eigenvalue weighted by atomic mass is 16.6. The highest BCUT2D eigenvalue weighted by Crippen LogP contribution is 2.25. The first kappa shape index (κ1) is 18.5. The number of terminal acetylenes is 1. The van der Waals surface area contributed by atoms with Crippen LogP contribution < -0.4 is 4.74 Å². The van der Waals surface area contributed by atoms with Gasteiger partial charge in [-0.3, -0.25) is 10.1 Å². The lowest BCUT2D eigenvalue weighted by Gasteiger charge is -2.28. The van der Waals surface area contributed by atoms with Crippen LogP contribution in [-0.4, -0.2) is 23.6 Å². The second kappa shape index (κ2) is 7.63. The molecule has 1 aromatic rings. The highest BCUT2D eigenvalue weighted by Gasteiger charge is 2.27. The largest absolute Gasteiger partial charge is 0.482 e. The third-order valence-electron chi connectivity index (χ3n) is 3.26. The zero-order valence-electron chi connectivity index (χ0n) is 13.8. The molecule has 1 rings (SSSR count). The average molecular weight is 319 g/mol. The van der Waals surface area contributed by atoms with Crippen molar-refractivity contribution >= 4 is 11.7 Å². The van der Waals surface area contributed by atoms with Crippen LogP contribution in [0.3, 0.4) is 0 Å². The maximum atomic E-state index is 11.9. The van der Waals surface area contributed by atoms with Crippen molar-refractivity contribution in [2.45, 2.75) is 40.2 Å². The van der Waals surface area contributed by atoms with Crippen molar-refractivity contribution < 1.29 is 19.2 Å². The summed E-state index contributed by atoms with van der Waals surface area (Å²) >= 11 is 0. The monoisotopic (exact) mass is 319 g/mol. The fraction of sp³-hybridized carbons (Fsp3) is 0.471. The Morgan fingerprint density at radius 2 is 2.09 bits per heavy atom. The van der Waals surface area contributed by atoms with Gasteiger partial charge >= 0.3 is 5.97 Å². The first-order valence-corrected chi connectivity index (χ1v) is 7.16. The van der Waals surface area contributed by atoms with E-state index in [2.05, 4.69) is 5.92 Å². The van der Waals surface area contributed by atoms with Crippen LogP contribution in [0.15, 0.2) is 18.2 Å². The second-order valence-corrected chi connectivity index (χ2v) is 6.25. The van der Waals surface area contributed by atoms with Gasteiger partial charge in [-0.25, -0.2) is 4.79 Å². The molecule has 0 spiro atoms. The van der Waals surface area contributed by atoms with Gasteiger partial charge in [-0.2, -0.15) is 0 Å². The minimum absolute atomic E-state index is 0.00161. The zero-order chi connectivity index (χ0) is 17.6. The van der Waals surface area contributed by atoms with Crippen molar-refractivity contribution in [1.29, 1.82) is 0 Å². The number of hydrogen-bond acceptors (Lipinski definition) is 5. The molecule has 0 N–H and O–H groups in total. The maximum Gasteiger partial charge on any atom is 0.344 e. The Hall–Kier alpha value is -2.55. The van der Waals surface area contributed by atoms with Crippen molar-refractivity contribution in [3.8, 4) is 18.1 Å². The van der Waals surface area contributed by atoms with E-state index >= 15 is 0 Å². The Balaban J connectivity index is 2.64. The van der Waals surface area contributed by atoms with Gasteiger partial charge in [0, 0.05) is 18.1 Å². The molecule has 1 aromatic carbocycles. The molecule has 0 saturated heterocycles. The van der Waals surface area contributed by atoms with Gasteiger partial charge in [-0.05, 0) is 24.5 Å². The molecule has 0 aliphatic carbocycles. The minimum Gasteiger partial charge on any atom is -0.482 e. The van der Waals surface area contributed by atoms with Crippen LogP contribution >= 0.6 is 0 Å². The Kier molecular flexibility index (Phi) is 6.14. The van der Waals surface area contributed by atoms with Crippen LogP contribution in [0, 0.1) is 34.8 Å². The number of rotatable bonds is 6. The fourth-order valence-electron chi connectivity index (χ4n) is 1.89. The number of aryl methyl sites for hydroxylation is 1. The number of carbonyl (C=O) groups is 1. The first-order valence-electron chi connectivity index (χ1n) is 7.16. The van der Waals surface area contributed by atoms with Crippen LogP contribution in [0.25, 0.3) is 0 Å². The molecule has 0 saturated carbocycles. The smallest absolute Gasteiger partial charge is 0.344 e. The van der Waals surface area contributed by atoms with Crippen LogP contribution in [0.1, 0.15) is 32.8 Å². The number of nitro groups is 1. The van der Waals surface area contributed by atoms with Crippen molar-refractivity contribution in [2.24, 2.45) is 5.41 Å². The number of carbonyl (C=O) groups excluding carboxylic acids is 1. The summed E-state index contributed by atoms with van der Waals surface area (Å²) in [7, 11) is 0. The van der Waals surface area contributed by atoms with Gasteiger partial charge in [0.2, 0.25) is 0 Å². The van der Waals surface area contributed by atoms with Crippen LogP contribution in [0.4, 0.5) is 5.69 Å². The van der Waals surface area contributed by atoms with Gasteiger partial charge in [0.05, 0.1) is 4.92 Å². The minimum atomic E-state index is -0.531. The molecule has 0 aliphatic heterocycles. The molecule has 0 aromatic heterocycles. The summed E-state index contributed by atoms with van der Waals surface area (Å²) in [6.07, 6.45) is 5.22. The number of benzene rings is 1. The van der Waals surface area contributed by atoms with Gasteiger partial charge in [0.25, 0.3) is 5.69 Å². The molecule has 0 fully saturated rings. The van der Waals surface area contributed by atoms with E-state index in [4.69, 9.17) is 15.9 Å². The standard InChI is InChI=1S/C17H21NO5/c1-6-7-15(17(3,4)5)23-16(19)11-22-13-8-9-14(18(20)21)12(2)10-13/h1,8-10,15H,7,11H2,2-5H3/t15-/m1/s1. The topological polar surface area (TPSA) is 78.7 Å². The SMILES string of the molecule is C#CC[C@@H](OC(=O)COc1ccc([N+](=O)[O-])c(C)c1)C(C)(C)C. The Labute approximate surface area is 135 Å². The fourth-order valence-corrected chi connectivity index (χ4v) is 1.89. The number of nitro benzene ring substituents is 1. The predicted octanol–water partition coefficient (Wildman–Crippen LogP) is 3.26. The normalized spacial score (nSPS) is 12.1. The molecule has 0 bridgehead atoms. The predicted molar refractivity (Wildman–Crippen MR) is 86.1 cm³/mol. The number of esters is 1. The number of ether oxygens (including phenoxy) is 2. The number of nitrogens with zero attached hydrogens (tertiary/aromatic N) is 1. The summed E-state index contributed by atoms with van der Waals surface area (Å²) < 4.78 is 10.7. The van der Waals surface area contributed by atoms with E-state index in [0.29, 0.717) is 17.7 Å². The first-order chi connectivity index (χ1) is 10.6. The van der Waals surface area contributed by atoms with E-state index in [1.807, 2.05) is 20.8 Å². The summed E-state index contributed by atoms with van der Waals surface area (Å²) in [5.74, 6) is 2.33. The van der Waals surface area contributed by atoms with Crippen LogP contribution in [0.2, 0.25) is 0 Å². The average Bonchev–Trinajstić information content (AvgIpc) is 2.43. The molecule has 0 amide bonds. The molecule has 0 aliphatic rings. The Morgan fingerprint density at radius 1 is 1.43 bits per heavy atom. The van der Waals surface area contributed by atoms with Crippen LogP contribution in [0.5, 0.6) is 5.75 Å². The van der Waals surface area contributed by atoms with E-state index in [0.717, 1.165) is 0 Å². The van der Waals surface area contributed by atoms with Crippen molar-refractivity contribution in [2.75, 3.05) is 6.61 Å². The second-order valence-electron chi connectivity index (χ2n) is 6.25. The lowest BCUT2D eigenvalue weighted by atomic mass is 9.87. The molecule has 1 atom stereocenters. The zero-order valence-corrected chi connectivity index (χ0v) is 13.8.